The van der Waals surface area contributed by atoms with Crippen LogP contribution in [0.3, 0.4) is 0 Å². The van der Waals surface area contributed by atoms with Crippen LogP contribution in [0, 0.1) is 0 Å². The summed E-state index contributed by atoms with van der Waals surface area (Å²) in [5.41, 5.74) is 0.726. The Hall–Kier alpha value is -1.16. The van der Waals surface area contributed by atoms with E-state index in [4.69, 9.17) is 11.6 Å². The zero-order valence-corrected chi connectivity index (χ0v) is 9.71. The molecule has 0 aliphatic heterocycles. The topological polar surface area (TPSA) is 20.3 Å². The van der Waals surface area contributed by atoms with E-state index in [0.717, 1.165) is 10.5 Å². The van der Waals surface area contributed by atoms with Gasteiger partial charge in [-0.05, 0) is 24.6 Å². The second-order valence-electron chi connectivity index (χ2n) is 3.48. The first-order valence-corrected chi connectivity index (χ1v) is 5.11. The first-order chi connectivity index (χ1) is 7.43. The number of carbonyl (C=O) groups is 1. The molecule has 0 saturated heterocycles. The number of nitrogens with zero attached hydrogens (tertiary/aromatic N) is 1. The van der Waals surface area contributed by atoms with Crippen molar-refractivity contribution in [3.05, 3.63) is 34.9 Å². The molecule has 1 aromatic carbocycles. The molecule has 0 bridgehead atoms. The maximum Gasteiger partial charge on any atom is 0.315 e. The first-order valence-electron chi connectivity index (χ1n) is 4.73. The molecule has 1 rings (SSSR count). The van der Waals surface area contributed by atoms with Gasteiger partial charge in [-0.1, -0.05) is 23.7 Å². The van der Waals surface area contributed by atoms with E-state index in [2.05, 4.69) is 0 Å². The molecule has 0 aliphatic carbocycles. The maximum atomic E-state index is 12.2. The predicted octanol–water partition coefficient (Wildman–Crippen LogP) is 3.12. The van der Waals surface area contributed by atoms with Crippen LogP contribution in [-0.4, -0.2) is 24.3 Å². The standard InChI is InChI=1S/C11H12ClF2NO/c1-7(15(2)11(16)10(13)14)8-4-3-5-9(12)6-8/h3-7,10H,1-2H3. The highest BCUT2D eigenvalue weighted by atomic mass is 35.5. The van der Waals surface area contributed by atoms with Crippen molar-refractivity contribution in [2.24, 2.45) is 0 Å². The highest BCUT2D eigenvalue weighted by molar-refractivity contribution is 6.30. The Bertz CT molecular complexity index is 384. The van der Waals surface area contributed by atoms with Crippen LogP contribution in [0.25, 0.3) is 0 Å². The van der Waals surface area contributed by atoms with Gasteiger partial charge >= 0.3 is 6.43 Å². The highest BCUT2D eigenvalue weighted by Crippen LogP contribution is 2.22. The second-order valence-corrected chi connectivity index (χ2v) is 3.92. The fourth-order valence-corrected chi connectivity index (χ4v) is 1.53. The molecular formula is C11H12ClF2NO. The third-order valence-corrected chi connectivity index (χ3v) is 2.68. The number of hydrogen-bond donors (Lipinski definition) is 0. The van der Waals surface area contributed by atoms with E-state index in [1.165, 1.54) is 7.05 Å². The Labute approximate surface area is 97.8 Å². The zero-order valence-electron chi connectivity index (χ0n) is 8.95. The fraction of sp³-hybridized carbons (Fsp3) is 0.364. The van der Waals surface area contributed by atoms with Crippen LogP contribution in [0.4, 0.5) is 8.78 Å². The minimum Gasteiger partial charge on any atom is -0.334 e. The molecular weight excluding hydrogens is 236 g/mol. The third kappa shape index (κ3) is 2.92. The van der Waals surface area contributed by atoms with Crippen molar-refractivity contribution in [3.8, 4) is 0 Å². The molecule has 1 aromatic rings. The van der Waals surface area contributed by atoms with Crippen LogP contribution in [0.15, 0.2) is 24.3 Å². The van der Waals surface area contributed by atoms with Gasteiger partial charge in [-0.3, -0.25) is 4.79 Å². The molecule has 0 N–H and O–H groups in total. The molecule has 0 aromatic heterocycles. The SMILES string of the molecule is CC(c1cccc(Cl)c1)N(C)C(=O)C(F)F. The number of carbonyl (C=O) groups excluding carboxylic acids is 1. The van der Waals surface area contributed by atoms with Crippen LogP contribution >= 0.6 is 11.6 Å². The first kappa shape index (κ1) is 12.9. The van der Waals surface area contributed by atoms with Crippen molar-refractivity contribution in [3.63, 3.8) is 0 Å². The summed E-state index contributed by atoms with van der Waals surface area (Å²) in [6.07, 6.45) is -2.98. The van der Waals surface area contributed by atoms with Gasteiger partial charge in [0.05, 0.1) is 6.04 Å². The van der Waals surface area contributed by atoms with Gasteiger partial charge in [-0.25, -0.2) is 0 Å². The van der Waals surface area contributed by atoms with Gasteiger partial charge in [-0.15, -0.1) is 0 Å². The Kier molecular flexibility index (Phi) is 4.24. The van der Waals surface area contributed by atoms with Crippen LogP contribution in [0.2, 0.25) is 5.02 Å². The van der Waals surface area contributed by atoms with Gasteiger partial charge in [0.15, 0.2) is 0 Å². The summed E-state index contributed by atoms with van der Waals surface area (Å²) in [4.78, 5) is 12.1. The molecule has 16 heavy (non-hydrogen) atoms. The van der Waals surface area contributed by atoms with Gasteiger partial charge in [0, 0.05) is 12.1 Å². The van der Waals surface area contributed by atoms with Crippen molar-refractivity contribution < 1.29 is 13.6 Å². The lowest BCUT2D eigenvalue weighted by Crippen LogP contribution is -2.34. The smallest absolute Gasteiger partial charge is 0.315 e. The zero-order chi connectivity index (χ0) is 12.3. The Morgan fingerprint density at radius 2 is 2.06 bits per heavy atom. The Morgan fingerprint density at radius 1 is 1.44 bits per heavy atom. The van der Waals surface area contributed by atoms with Crippen LogP contribution in [0.5, 0.6) is 0 Å². The maximum absolute atomic E-state index is 12.2. The molecule has 0 aliphatic rings. The van der Waals surface area contributed by atoms with E-state index in [-0.39, 0.29) is 0 Å². The summed E-state index contributed by atoms with van der Waals surface area (Å²) in [5.74, 6) is -1.19. The number of halogens is 3. The van der Waals surface area contributed by atoms with E-state index in [0.29, 0.717) is 5.02 Å². The predicted molar refractivity (Wildman–Crippen MR) is 58.6 cm³/mol. The third-order valence-electron chi connectivity index (χ3n) is 2.45. The number of hydrogen-bond acceptors (Lipinski definition) is 1. The van der Waals surface area contributed by atoms with E-state index < -0.39 is 18.4 Å². The summed E-state index contributed by atoms with van der Waals surface area (Å²) >= 11 is 5.78. The average molecular weight is 248 g/mol. The lowest BCUT2D eigenvalue weighted by molar-refractivity contribution is -0.143. The Balaban J connectivity index is 2.85. The molecule has 0 spiro atoms. The molecule has 88 valence electrons. The normalized spacial score (nSPS) is 12.6. The molecule has 0 radical (unpaired) electrons. The van der Waals surface area contributed by atoms with E-state index in [1.54, 1.807) is 31.2 Å². The van der Waals surface area contributed by atoms with Gasteiger partial charge in [0.2, 0.25) is 0 Å². The molecule has 5 heteroatoms. The average Bonchev–Trinajstić information content (AvgIpc) is 2.26. The van der Waals surface area contributed by atoms with Crippen LogP contribution in [-0.2, 0) is 4.79 Å². The lowest BCUT2D eigenvalue weighted by Gasteiger charge is -2.25. The number of alkyl halides is 2. The van der Waals surface area contributed by atoms with Crippen molar-refractivity contribution in [2.45, 2.75) is 19.4 Å². The minimum absolute atomic E-state index is 0.430. The van der Waals surface area contributed by atoms with Gasteiger partial charge < -0.3 is 4.90 Å². The highest BCUT2D eigenvalue weighted by Gasteiger charge is 2.24. The molecule has 1 atom stereocenters. The van der Waals surface area contributed by atoms with Gasteiger partial charge in [0.25, 0.3) is 5.91 Å². The van der Waals surface area contributed by atoms with Gasteiger partial charge in [-0.2, -0.15) is 8.78 Å². The number of rotatable bonds is 3. The summed E-state index contributed by atoms with van der Waals surface area (Å²) in [6, 6.07) is 6.37. The lowest BCUT2D eigenvalue weighted by atomic mass is 10.1. The van der Waals surface area contributed by atoms with Crippen LogP contribution in [0.1, 0.15) is 18.5 Å². The van der Waals surface area contributed by atoms with E-state index >= 15 is 0 Å². The van der Waals surface area contributed by atoms with E-state index in [1.807, 2.05) is 0 Å². The quantitative estimate of drug-likeness (QED) is 0.804. The van der Waals surface area contributed by atoms with Crippen molar-refractivity contribution in [1.82, 2.24) is 4.90 Å². The van der Waals surface area contributed by atoms with Crippen molar-refractivity contribution >= 4 is 17.5 Å². The van der Waals surface area contributed by atoms with E-state index in [9.17, 15) is 13.6 Å². The second kappa shape index (κ2) is 5.25. The number of benzene rings is 1. The summed E-state index contributed by atoms with van der Waals surface area (Å²) < 4.78 is 24.4. The summed E-state index contributed by atoms with van der Waals surface area (Å²) in [7, 11) is 1.35. The van der Waals surface area contributed by atoms with Gasteiger partial charge in [0.1, 0.15) is 0 Å². The summed E-state index contributed by atoms with van der Waals surface area (Å²) in [5, 5.41) is 0.516. The molecule has 0 fully saturated rings. The van der Waals surface area contributed by atoms with Crippen molar-refractivity contribution in [2.75, 3.05) is 7.05 Å². The van der Waals surface area contributed by atoms with Crippen LogP contribution < -0.4 is 0 Å². The molecule has 0 saturated carbocycles. The monoisotopic (exact) mass is 247 g/mol. The fourth-order valence-electron chi connectivity index (χ4n) is 1.33. The van der Waals surface area contributed by atoms with Crippen molar-refractivity contribution in [1.29, 1.82) is 0 Å². The summed E-state index contributed by atoms with van der Waals surface area (Å²) in [6.45, 7) is 1.67. The molecule has 1 unspecified atom stereocenters. The molecule has 1 amide bonds. The minimum atomic E-state index is -2.98. The Morgan fingerprint density at radius 3 is 2.56 bits per heavy atom. The molecule has 2 nitrogen and oxygen atoms in total. The number of amides is 1. The largest absolute Gasteiger partial charge is 0.334 e. The molecule has 0 heterocycles.